The first-order valence-corrected chi connectivity index (χ1v) is 13.6. The third-order valence-electron chi connectivity index (χ3n) is 6.70. The third kappa shape index (κ3) is 12.4. The largest absolute Gasteiger partial charge is 0.349 e. The van der Waals surface area contributed by atoms with Crippen LogP contribution in [0.25, 0.3) is 0 Å². The van der Waals surface area contributed by atoms with Crippen LogP contribution in [0.5, 0.6) is 0 Å². The smallest absolute Gasteiger partial charge is 0.243 e. The molecule has 1 heterocycles. The summed E-state index contributed by atoms with van der Waals surface area (Å²) in [5.74, 6) is -0.799. The number of aldehydes is 1. The highest BCUT2D eigenvalue weighted by molar-refractivity contribution is 5.90. The van der Waals surface area contributed by atoms with E-state index in [0.717, 1.165) is 38.5 Å². The fourth-order valence-electron chi connectivity index (χ4n) is 4.66. The maximum atomic E-state index is 13.2. The molecule has 0 aromatic heterocycles. The molecule has 0 saturated carbocycles. The first-order chi connectivity index (χ1) is 16.7. The SMILES string of the molecule is CCCCCCCC1CCC/C=C\CC(C(=O)N(C)C)C[C@@H](C=O)NC(=O)[C@H](CC(C)C)NC1=O. The summed E-state index contributed by atoms with van der Waals surface area (Å²) < 4.78 is 0. The Morgan fingerprint density at radius 3 is 2.43 bits per heavy atom. The standard InChI is InChI=1S/C28H49N3O4/c1-6-7-8-9-12-15-22-16-13-10-11-14-17-23(28(35)31(4)5)19-24(20-32)29-27(34)25(18-21(2)3)30-26(22)33/h11,14,20-25H,6-10,12-13,15-19H2,1-5H3,(H,29,34)(H,30,33)/b14-11-/t22?,23?,24-,25-/m0/s1. The summed E-state index contributed by atoms with van der Waals surface area (Å²) in [4.78, 5) is 52.5. The van der Waals surface area contributed by atoms with Crippen molar-refractivity contribution >= 4 is 24.0 Å². The highest BCUT2D eigenvalue weighted by Crippen LogP contribution is 2.21. The number of carbonyl (C=O) groups is 4. The van der Waals surface area contributed by atoms with Crippen molar-refractivity contribution < 1.29 is 19.2 Å². The van der Waals surface area contributed by atoms with Gasteiger partial charge < -0.3 is 20.3 Å². The molecule has 2 N–H and O–H groups in total. The van der Waals surface area contributed by atoms with E-state index in [4.69, 9.17) is 0 Å². The van der Waals surface area contributed by atoms with Gasteiger partial charge in [-0.05, 0) is 50.9 Å². The van der Waals surface area contributed by atoms with E-state index in [1.165, 1.54) is 24.2 Å². The Labute approximate surface area is 212 Å². The first kappa shape index (κ1) is 30.9. The van der Waals surface area contributed by atoms with Crippen molar-refractivity contribution in [3.63, 3.8) is 0 Å². The van der Waals surface area contributed by atoms with Crippen LogP contribution in [0.1, 0.15) is 97.8 Å². The molecule has 0 aromatic rings. The number of unbranched alkanes of at least 4 members (excludes halogenated alkanes) is 4. The molecular weight excluding hydrogens is 442 g/mol. The zero-order valence-electron chi connectivity index (χ0n) is 22.7. The molecule has 1 aliphatic rings. The van der Waals surface area contributed by atoms with Crippen LogP contribution in [0, 0.1) is 17.8 Å². The summed E-state index contributed by atoms with van der Waals surface area (Å²) in [5.41, 5.74) is 0. The Bertz CT molecular complexity index is 690. The molecule has 2 unspecified atom stereocenters. The fourth-order valence-corrected chi connectivity index (χ4v) is 4.66. The van der Waals surface area contributed by atoms with Crippen molar-refractivity contribution in [2.24, 2.45) is 17.8 Å². The summed E-state index contributed by atoms with van der Waals surface area (Å²) in [6, 6.07) is -1.48. The number of hydrogen-bond acceptors (Lipinski definition) is 4. The van der Waals surface area contributed by atoms with Crippen molar-refractivity contribution in [3.8, 4) is 0 Å². The number of nitrogens with zero attached hydrogens (tertiary/aromatic N) is 1. The molecule has 3 amide bonds. The van der Waals surface area contributed by atoms with E-state index in [9.17, 15) is 19.2 Å². The minimum Gasteiger partial charge on any atom is -0.349 e. The second-order valence-corrected chi connectivity index (χ2v) is 10.6. The van der Waals surface area contributed by atoms with Gasteiger partial charge in [0.05, 0.1) is 6.04 Å². The summed E-state index contributed by atoms with van der Waals surface area (Å²) >= 11 is 0. The van der Waals surface area contributed by atoms with Crippen molar-refractivity contribution in [1.29, 1.82) is 0 Å². The minimum absolute atomic E-state index is 0.0600. The van der Waals surface area contributed by atoms with Crippen LogP contribution in [0.15, 0.2) is 12.2 Å². The van der Waals surface area contributed by atoms with Crippen LogP contribution in [-0.2, 0) is 19.2 Å². The maximum Gasteiger partial charge on any atom is 0.243 e. The monoisotopic (exact) mass is 491 g/mol. The molecule has 0 aliphatic carbocycles. The Hall–Kier alpha value is -2.18. The van der Waals surface area contributed by atoms with Gasteiger partial charge in [0.2, 0.25) is 17.7 Å². The molecule has 0 bridgehead atoms. The zero-order chi connectivity index (χ0) is 26.2. The first-order valence-electron chi connectivity index (χ1n) is 13.6. The lowest BCUT2D eigenvalue weighted by atomic mass is 9.93. The van der Waals surface area contributed by atoms with Gasteiger partial charge in [0, 0.05) is 25.9 Å². The molecule has 7 nitrogen and oxygen atoms in total. The van der Waals surface area contributed by atoms with Crippen LogP contribution in [0.4, 0.5) is 0 Å². The van der Waals surface area contributed by atoms with Crippen LogP contribution in [0.2, 0.25) is 0 Å². The summed E-state index contributed by atoms with van der Waals surface area (Å²) in [7, 11) is 3.40. The molecular formula is C28H49N3O4. The molecule has 0 saturated heterocycles. The average Bonchev–Trinajstić information content (AvgIpc) is 2.81. The Morgan fingerprint density at radius 1 is 1.09 bits per heavy atom. The number of nitrogens with one attached hydrogen (secondary N) is 2. The van der Waals surface area contributed by atoms with Gasteiger partial charge in [-0.15, -0.1) is 0 Å². The van der Waals surface area contributed by atoms with Gasteiger partial charge in [0.1, 0.15) is 12.3 Å². The third-order valence-corrected chi connectivity index (χ3v) is 6.70. The minimum atomic E-state index is -0.782. The number of rotatable bonds is 10. The molecule has 0 spiro atoms. The lowest BCUT2D eigenvalue weighted by molar-refractivity contribution is -0.134. The Morgan fingerprint density at radius 2 is 1.80 bits per heavy atom. The summed E-state index contributed by atoms with van der Waals surface area (Å²) in [5, 5.41) is 5.81. The van der Waals surface area contributed by atoms with E-state index in [0.29, 0.717) is 19.1 Å². The van der Waals surface area contributed by atoms with Crippen molar-refractivity contribution in [3.05, 3.63) is 12.2 Å². The molecule has 7 heteroatoms. The normalized spacial score (nSPS) is 25.7. The van der Waals surface area contributed by atoms with E-state index in [1.807, 2.05) is 19.9 Å². The number of carbonyl (C=O) groups excluding carboxylic acids is 4. The molecule has 4 atom stereocenters. The van der Waals surface area contributed by atoms with E-state index in [1.54, 1.807) is 14.1 Å². The van der Waals surface area contributed by atoms with Gasteiger partial charge in [-0.25, -0.2) is 0 Å². The highest BCUT2D eigenvalue weighted by atomic mass is 16.2. The molecule has 0 fully saturated rings. The van der Waals surface area contributed by atoms with Gasteiger partial charge in [-0.2, -0.15) is 0 Å². The van der Waals surface area contributed by atoms with E-state index in [-0.39, 0.29) is 36.0 Å². The topological polar surface area (TPSA) is 95.6 Å². The summed E-state index contributed by atoms with van der Waals surface area (Å²) in [6.45, 7) is 6.21. The zero-order valence-corrected chi connectivity index (χ0v) is 22.7. The van der Waals surface area contributed by atoms with Crippen LogP contribution >= 0.6 is 0 Å². The van der Waals surface area contributed by atoms with E-state index >= 15 is 0 Å². The van der Waals surface area contributed by atoms with Gasteiger partial charge in [0.15, 0.2) is 0 Å². The molecule has 0 aromatic carbocycles. The van der Waals surface area contributed by atoms with Crippen LogP contribution in [-0.4, -0.2) is 55.1 Å². The predicted molar refractivity (Wildman–Crippen MR) is 141 cm³/mol. The van der Waals surface area contributed by atoms with Gasteiger partial charge in [-0.1, -0.05) is 65.0 Å². The number of allylic oxidation sites excluding steroid dienone is 2. The summed E-state index contributed by atoms with van der Waals surface area (Å²) in [6.07, 6.45) is 15.1. The van der Waals surface area contributed by atoms with Gasteiger partial charge >= 0.3 is 0 Å². The average molecular weight is 492 g/mol. The Kier molecular flexibility index (Phi) is 15.2. The van der Waals surface area contributed by atoms with Crippen LogP contribution < -0.4 is 10.6 Å². The maximum absolute atomic E-state index is 13.2. The molecule has 0 radical (unpaired) electrons. The highest BCUT2D eigenvalue weighted by Gasteiger charge is 2.29. The molecule has 1 aliphatic heterocycles. The number of hydrogen-bond donors (Lipinski definition) is 2. The second kappa shape index (κ2) is 17.3. The van der Waals surface area contributed by atoms with Gasteiger partial charge in [-0.3, -0.25) is 14.4 Å². The van der Waals surface area contributed by atoms with Crippen molar-refractivity contribution in [2.75, 3.05) is 14.1 Å². The Balaban J connectivity index is 3.08. The molecule has 200 valence electrons. The van der Waals surface area contributed by atoms with Gasteiger partial charge in [0.25, 0.3) is 0 Å². The van der Waals surface area contributed by atoms with Crippen molar-refractivity contribution in [1.82, 2.24) is 15.5 Å². The van der Waals surface area contributed by atoms with E-state index in [2.05, 4.69) is 23.6 Å². The number of amides is 3. The fraction of sp³-hybridized carbons (Fsp3) is 0.786. The lowest BCUT2D eigenvalue weighted by Gasteiger charge is -2.26. The van der Waals surface area contributed by atoms with Crippen LogP contribution in [0.3, 0.4) is 0 Å². The lowest BCUT2D eigenvalue weighted by Crippen LogP contribution is -2.52. The molecule has 35 heavy (non-hydrogen) atoms. The predicted octanol–water partition coefficient (Wildman–Crippen LogP) is 4.40. The molecule has 1 rings (SSSR count). The van der Waals surface area contributed by atoms with E-state index < -0.39 is 18.0 Å². The van der Waals surface area contributed by atoms with Crippen molar-refractivity contribution in [2.45, 2.75) is 110 Å². The quantitative estimate of drug-likeness (QED) is 0.269. The second-order valence-electron chi connectivity index (χ2n) is 10.6.